The first-order valence-corrected chi connectivity index (χ1v) is 56.8. The first-order valence-electron chi connectivity index (χ1n) is 59.8. The van der Waals surface area contributed by atoms with Crippen LogP contribution in [0.1, 0.15) is 491 Å². The van der Waals surface area contributed by atoms with Crippen molar-refractivity contribution in [1.82, 2.24) is 23.4 Å². The topological polar surface area (TPSA) is 44.0 Å². The Morgan fingerprint density at radius 3 is 0.647 bits per heavy atom. The van der Waals surface area contributed by atoms with E-state index < -0.39 is 13.7 Å². The van der Waals surface area contributed by atoms with Gasteiger partial charge in [0.2, 0.25) is 56.9 Å². The molecule has 5 aliphatic heterocycles. The summed E-state index contributed by atoms with van der Waals surface area (Å²) in [6, 6.07) is 67.3. The van der Waals surface area contributed by atoms with Crippen LogP contribution >= 0.6 is 0 Å². The van der Waals surface area contributed by atoms with Gasteiger partial charge < -0.3 is 0 Å². The zero-order valence-corrected chi connectivity index (χ0v) is 102. The highest BCUT2D eigenvalue weighted by molar-refractivity contribution is 5.80. The minimum absolute atomic E-state index is 0.00578. The van der Waals surface area contributed by atoms with Gasteiger partial charge in [-0.2, -0.15) is 0 Å². The van der Waals surface area contributed by atoms with Gasteiger partial charge in [0, 0.05) is 97.0 Å². The van der Waals surface area contributed by atoms with Crippen LogP contribution < -0.4 is 23.4 Å². The van der Waals surface area contributed by atoms with Crippen molar-refractivity contribution < 1.29 is 31.6 Å². The second-order valence-electron chi connectivity index (χ2n) is 53.5. The number of aromatic nitrogens is 10. The van der Waals surface area contributed by atoms with E-state index in [9.17, 15) is 0 Å². The first-order chi connectivity index (χ1) is 72.0. The van der Waals surface area contributed by atoms with Crippen LogP contribution in [0.4, 0.5) is 0 Å². The highest BCUT2D eigenvalue weighted by atomic mass is 15.5. The van der Waals surface area contributed by atoms with Gasteiger partial charge in [0.05, 0.1) is 108 Å². The Labute approximate surface area is 917 Å². The van der Waals surface area contributed by atoms with Crippen molar-refractivity contribution in [1.29, 1.82) is 0 Å². The molecule has 798 valence electrons. The fourth-order valence-electron chi connectivity index (χ4n) is 27.3. The summed E-state index contributed by atoms with van der Waals surface area (Å²) >= 11 is 0. The van der Waals surface area contributed by atoms with Gasteiger partial charge in [0.1, 0.15) is 0 Å². The third-order valence-corrected chi connectivity index (χ3v) is 38.6. The van der Waals surface area contributed by atoms with Gasteiger partial charge in [-0.3, -0.25) is 0 Å². The third-order valence-electron chi connectivity index (χ3n) is 38.6. The largest absolute Gasteiger partial charge is 0.243 e. The van der Waals surface area contributed by atoms with Crippen molar-refractivity contribution in [2.45, 2.75) is 467 Å². The molecule has 0 atom stereocenters. The number of fused-ring (bicyclic) bond motifs is 15. The Bertz CT molecular complexity index is 7580. The van der Waals surface area contributed by atoms with Crippen molar-refractivity contribution in [3.63, 3.8) is 0 Å². The predicted octanol–water partition coefficient (Wildman–Crippen LogP) is 35.3. The summed E-state index contributed by atoms with van der Waals surface area (Å²) in [6.45, 7) is 109. The van der Waals surface area contributed by atoms with Crippen LogP contribution in [0.2, 0.25) is 0 Å². The average molecular weight is 2020 g/mol. The molecule has 0 aliphatic carbocycles. The number of nitrogens with zero attached hydrogens (tertiary/aromatic N) is 10. The third kappa shape index (κ3) is 17.0. The maximum Gasteiger partial charge on any atom is 0.243 e. The zero-order chi connectivity index (χ0) is 116. The maximum atomic E-state index is 8.37. The standard InChI is InChI=1S/3C30H41N2.C28H37N2.C22H33N2/c3*1-18(2)23-16-13-17-24-27(23)32-28(30(10,11)29(24,8)9)26(22(7)31(32)19(3)4)25-20(5)14-12-15-21(25)6;1-18(2)22-16-13-17-23-25(22)30-26(28(8,9)27(23,6)7)24(20(5)29(30)19(3)4)21-14-11-10-12-15-21;1-14(2)17-11-10-12-18-20(17)24-19(22(8,9)21(18,6)7)13-16(5)23(24)15(3)4/h3*12-19H,1-11H3;10-19H,1-9H3;10-15H,1-9H3/q5*+1/i2*5D3;;;. The molecule has 10 nitrogen and oxygen atoms in total. The van der Waals surface area contributed by atoms with Crippen molar-refractivity contribution in [3.8, 4) is 72.9 Å². The highest BCUT2D eigenvalue weighted by Gasteiger charge is 2.64. The summed E-state index contributed by atoms with van der Waals surface area (Å²) in [4.78, 5) is 0. The average Bonchev–Trinajstić information content (AvgIpc) is 1.53. The number of benzene rings is 9. The molecule has 0 spiro atoms. The Morgan fingerprint density at radius 1 is 0.207 bits per heavy atom. The van der Waals surface area contributed by atoms with Gasteiger partial charge in [-0.25, -0.2) is 0 Å². The summed E-state index contributed by atoms with van der Waals surface area (Å²) in [5.74, 6) is 2.15. The number of aryl methyl sites for hydroxylation is 7. The summed E-state index contributed by atoms with van der Waals surface area (Å²) < 4.78 is 75.1. The fraction of sp³-hybridized carbons (Fsp3) is 0.507. The molecule has 19 rings (SSSR count). The first kappa shape index (κ1) is 105. The van der Waals surface area contributed by atoms with E-state index in [-0.39, 0.29) is 66.2 Å². The predicted molar refractivity (Wildman–Crippen MR) is 636 cm³/mol. The lowest BCUT2D eigenvalue weighted by molar-refractivity contribution is -0.703. The molecule has 0 N–H and O–H groups in total. The second kappa shape index (κ2) is 39.5. The normalized spacial score (nSPS) is 17.5. The molecule has 0 bridgehead atoms. The van der Waals surface area contributed by atoms with E-state index in [1.54, 1.807) is 12.1 Å². The Morgan fingerprint density at radius 2 is 0.413 bits per heavy atom. The van der Waals surface area contributed by atoms with E-state index in [4.69, 9.17) is 8.22 Å². The fourth-order valence-corrected chi connectivity index (χ4v) is 27.3. The number of rotatable bonds is 14. The summed E-state index contributed by atoms with van der Waals surface area (Å²) in [5, 5.41) is 0. The lowest BCUT2D eigenvalue weighted by Crippen LogP contribution is -2.59. The van der Waals surface area contributed by atoms with Crippen LogP contribution in [0, 0.1) is 76.0 Å². The van der Waals surface area contributed by atoms with Gasteiger partial charge in [-0.1, -0.05) is 338 Å². The molecular weight excluding hydrogens is 1820 g/mol. The van der Waals surface area contributed by atoms with Crippen molar-refractivity contribution in [2.75, 3.05) is 0 Å². The van der Waals surface area contributed by atoms with E-state index in [2.05, 4.69) is 518 Å². The molecule has 14 aromatic rings. The lowest BCUT2D eigenvalue weighted by Gasteiger charge is -2.43. The molecule has 0 saturated heterocycles. The highest BCUT2D eigenvalue weighted by Crippen LogP contribution is 2.60. The minimum atomic E-state index is -2.19. The summed E-state index contributed by atoms with van der Waals surface area (Å²) in [6.07, 6.45) is 0. The van der Waals surface area contributed by atoms with Gasteiger partial charge in [-0.15, -0.1) is 23.4 Å². The molecule has 10 heteroatoms. The van der Waals surface area contributed by atoms with Crippen molar-refractivity contribution >= 4 is 0 Å². The monoisotopic (exact) mass is 2020 g/mol. The quantitative estimate of drug-likeness (QED) is 0.0974. The molecule has 0 saturated carbocycles. The van der Waals surface area contributed by atoms with Crippen LogP contribution in [0.5, 0.6) is 0 Å². The molecule has 150 heavy (non-hydrogen) atoms. The molecule has 0 amide bonds. The molecular formula is C140H193N10+5. The molecule has 0 radical (unpaired) electrons. The van der Waals surface area contributed by atoms with Gasteiger partial charge in [0.15, 0.2) is 0 Å². The van der Waals surface area contributed by atoms with E-state index in [1.807, 2.05) is 38.1 Å². The Kier molecular flexibility index (Phi) is 27.6. The molecule has 5 aromatic heterocycles. The van der Waals surface area contributed by atoms with Crippen LogP contribution in [0.25, 0.3) is 72.9 Å². The molecule has 10 heterocycles. The second-order valence-corrected chi connectivity index (χ2v) is 53.5. The number of para-hydroxylation sites is 5. The lowest BCUT2D eigenvalue weighted by atomic mass is 9.59. The van der Waals surface area contributed by atoms with E-state index in [0.29, 0.717) is 58.8 Å². The van der Waals surface area contributed by atoms with Crippen LogP contribution in [0.15, 0.2) is 182 Å². The van der Waals surface area contributed by atoms with Crippen molar-refractivity contribution in [3.05, 3.63) is 328 Å². The molecule has 0 fully saturated rings. The van der Waals surface area contributed by atoms with Gasteiger partial charge in [0.25, 0.3) is 0 Å². The molecule has 5 aliphatic rings. The van der Waals surface area contributed by atoms with Crippen LogP contribution in [-0.4, -0.2) is 23.4 Å². The van der Waals surface area contributed by atoms with E-state index in [0.717, 1.165) is 44.8 Å². The molecule has 0 unspecified atom stereocenters. The van der Waals surface area contributed by atoms with Crippen LogP contribution in [-0.2, 0) is 54.1 Å². The van der Waals surface area contributed by atoms with E-state index in [1.165, 1.54) is 163 Å². The Hall–Kier alpha value is -11.0. The summed E-state index contributed by atoms with van der Waals surface area (Å²) in [5.41, 5.74) is 48.0. The minimum Gasteiger partial charge on any atom is -0.150 e. The number of hydrogen-bond donors (Lipinski definition) is 0. The van der Waals surface area contributed by atoms with E-state index >= 15 is 0 Å². The van der Waals surface area contributed by atoms with Gasteiger partial charge >= 0.3 is 0 Å². The summed E-state index contributed by atoms with van der Waals surface area (Å²) in [7, 11) is 0. The van der Waals surface area contributed by atoms with Gasteiger partial charge in [-0.05, 0) is 300 Å². The SMILES string of the molecule is Cc1c(-c2ccccc2)c2[n+](n1C(C)C)-c1c(C(C)C)cccc1C(C)(C)C2(C)C.Cc1cc2[n+](n1C(C)C)-c1c(C(C)C)cccc1C(C)(C)C2(C)C.Cc1cccc(C)c1-c1c(C)n(C(C)C)[n+]2c1C(C)(C)C(C)(C)c1cccc(C(C)C)c1-2.[2H]C([2H])([2H])c1cccc(C)c1-c1c(C)n(C(C)C)[n+]2c1C(C)(C)C(C)(C)c1cccc(C(C)C)c1-2.[2H]C([2H])([2H])c1cccc(C)c1-c1c(C)n(C(C)C)[n+]2c1C(C)(C)C(C)(C)c1cccc(C(C)C)c1-2. The number of hydrogen-bond acceptors (Lipinski definition) is 0. The van der Waals surface area contributed by atoms with Crippen molar-refractivity contribution in [2.24, 2.45) is 0 Å². The zero-order valence-electron chi connectivity index (χ0n) is 108. The smallest absolute Gasteiger partial charge is 0.150 e. The van der Waals surface area contributed by atoms with Crippen LogP contribution in [0.3, 0.4) is 0 Å². The Balaban J connectivity index is 0.000000145. The molecule has 9 aromatic carbocycles. The maximum absolute atomic E-state index is 8.37.